The molecule has 1 atom stereocenters. The summed E-state index contributed by atoms with van der Waals surface area (Å²) in [7, 11) is 1.45. The van der Waals surface area contributed by atoms with Crippen LogP contribution in [0.5, 0.6) is 0 Å². The highest BCUT2D eigenvalue weighted by Gasteiger charge is 2.43. The van der Waals surface area contributed by atoms with Gasteiger partial charge in [-0.3, -0.25) is 19.3 Å². The fourth-order valence-corrected chi connectivity index (χ4v) is 2.22. The Hall–Kier alpha value is -2.63. The molecule has 1 heterocycles. The Kier molecular flexibility index (Phi) is 9.08. The zero-order chi connectivity index (χ0) is 18.9. The Morgan fingerprint density at radius 2 is 1.83 bits per heavy atom. The quantitative estimate of drug-likeness (QED) is 0.439. The van der Waals surface area contributed by atoms with Gasteiger partial charge in [0.05, 0.1) is 18.4 Å². The number of carbonyl (C=O) groups excluding carboxylic acids is 3. The van der Waals surface area contributed by atoms with E-state index in [1.165, 1.54) is 25.3 Å². The van der Waals surface area contributed by atoms with Gasteiger partial charge in [0.25, 0.3) is 11.8 Å². The number of methoxy groups -OCH3 is 1. The van der Waals surface area contributed by atoms with Gasteiger partial charge >= 0.3 is 0 Å². The van der Waals surface area contributed by atoms with Crippen molar-refractivity contribution in [1.82, 2.24) is 4.90 Å². The van der Waals surface area contributed by atoms with Gasteiger partial charge in [0.1, 0.15) is 6.04 Å². The summed E-state index contributed by atoms with van der Waals surface area (Å²) in [5.74, 6) is -1.39. The van der Waals surface area contributed by atoms with E-state index in [2.05, 4.69) is 13.2 Å². The fraction of sp³-hybridized carbons (Fsp3) is 0.389. The van der Waals surface area contributed by atoms with Crippen LogP contribution >= 0.6 is 0 Å². The average molecular weight is 334 g/mol. The highest BCUT2D eigenvalue weighted by molar-refractivity contribution is 6.25. The molecular weight excluding hydrogens is 308 g/mol. The van der Waals surface area contributed by atoms with E-state index >= 15 is 0 Å². The van der Waals surface area contributed by atoms with Crippen molar-refractivity contribution in [1.29, 1.82) is 0 Å². The molecule has 1 rings (SSSR count). The molecule has 1 unspecified atom stereocenters. The van der Waals surface area contributed by atoms with Crippen LogP contribution in [0.2, 0.25) is 0 Å². The van der Waals surface area contributed by atoms with Crippen LogP contribution in [0.4, 0.5) is 0 Å². The number of nitrogens with two attached hydrogens (primary N) is 1. The molecule has 0 aromatic carbocycles. The Balaban J connectivity index is 0.00000254. The highest BCUT2D eigenvalue weighted by atomic mass is 16.5. The van der Waals surface area contributed by atoms with Crippen LogP contribution in [0.15, 0.2) is 48.3 Å². The van der Waals surface area contributed by atoms with Crippen molar-refractivity contribution < 1.29 is 19.1 Å². The highest BCUT2D eigenvalue weighted by Crippen LogP contribution is 2.28. The van der Waals surface area contributed by atoms with Crippen LogP contribution in [-0.4, -0.2) is 35.8 Å². The molecule has 2 N–H and O–H groups in total. The molecule has 0 aromatic rings. The van der Waals surface area contributed by atoms with E-state index in [0.717, 1.165) is 4.90 Å². The number of rotatable bonds is 7. The molecule has 6 nitrogen and oxygen atoms in total. The summed E-state index contributed by atoms with van der Waals surface area (Å²) >= 11 is 0. The maximum Gasteiger partial charge on any atom is 0.262 e. The second kappa shape index (κ2) is 10.2. The van der Waals surface area contributed by atoms with Gasteiger partial charge in [-0.2, -0.15) is 0 Å². The molecule has 0 bridgehead atoms. The van der Waals surface area contributed by atoms with E-state index in [9.17, 15) is 14.4 Å². The minimum absolute atomic E-state index is 0.165. The first-order valence-electron chi connectivity index (χ1n) is 7.77. The van der Waals surface area contributed by atoms with Gasteiger partial charge in [-0.1, -0.05) is 39.2 Å². The lowest BCUT2D eigenvalue weighted by Gasteiger charge is -2.23. The van der Waals surface area contributed by atoms with Gasteiger partial charge in [0.15, 0.2) is 0 Å². The SMILES string of the molecule is C=C/C=C1/C(=O)N(C(CCC(=C)OC)C(N)=O)C(=O)/C1=C/C.CC. The molecule has 1 fully saturated rings. The van der Waals surface area contributed by atoms with Crippen LogP contribution in [0.1, 0.15) is 33.6 Å². The Labute approximate surface area is 143 Å². The monoisotopic (exact) mass is 334 g/mol. The van der Waals surface area contributed by atoms with E-state index in [0.29, 0.717) is 12.2 Å². The lowest BCUT2D eigenvalue weighted by Crippen LogP contribution is -2.47. The zero-order valence-electron chi connectivity index (χ0n) is 14.8. The molecular formula is C18H26N2O4. The van der Waals surface area contributed by atoms with Crippen molar-refractivity contribution >= 4 is 17.7 Å². The Bertz CT molecular complexity index is 588. The van der Waals surface area contributed by atoms with Crippen LogP contribution in [-0.2, 0) is 19.1 Å². The predicted octanol–water partition coefficient (Wildman–Crippen LogP) is 2.23. The number of ether oxygens (including phenoxy) is 1. The standard InChI is InChI=1S/C16H20N2O4.C2H6/c1-5-7-12-11(6-2)15(20)18(16(12)21)13(14(17)19)9-8-10(3)22-4;1-2/h5-7,13H,1,3,8-9H2,2,4H3,(H2,17,19);1-2H3/b11-6+,12-7+;. The number of nitrogens with zero attached hydrogens (tertiary/aromatic N) is 1. The average Bonchev–Trinajstić information content (AvgIpc) is 2.80. The number of carbonyl (C=O) groups is 3. The first-order valence-corrected chi connectivity index (χ1v) is 7.77. The summed E-state index contributed by atoms with van der Waals surface area (Å²) in [6.45, 7) is 12.8. The number of allylic oxidation sites excluding steroid dienone is 4. The molecule has 0 aliphatic carbocycles. The molecule has 3 amide bonds. The molecule has 0 saturated carbocycles. The maximum atomic E-state index is 12.4. The topological polar surface area (TPSA) is 89.7 Å². The van der Waals surface area contributed by atoms with Gasteiger partial charge in [0, 0.05) is 12.0 Å². The Morgan fingerprint density at radius 3 is 2.25 bits per heavy atom. The van der Waals surface area contributed by atoms with Crippen LogP contribution in [0, 0.1) is 0 Å². The number of hydrogen-bond acceptors (Lipinski definition) is 4. The minimum Gasteiger partial charge on any atom is -0.502 e. The van der Waals surface area contributed by atoms with Crippen LogP contribution in [0.25, 0.3) is 0 Å². The molecule has 1 saturated heterocycles. The summed E-state index contributed by atoms with van der Waals surface area (Å²) in [4.78, 5) is 37.4. The van der Waals surface area contributed by atoms with E-state index in [1.807, 2.05) is 13.8 Å². The largest absolute Gasteiger partial charge is 0.502 e. The lowest BCUT2D eigenvalue weighted by atomic mass is 10.1. The third-order valence-electron chi connectivity index (χ3n) is 3.39. The molecule has 1 aliphatic rings. The van der Waals surface area contributed by atoms with Gasteiger partial charge in [-0.15, -0.1) is 0 Å². The molecule has 0 aromatic heterocycles. The molecule has 132 valence electrons. The van der Waals surface area contributed by atoms with E-state index < -0.39 is 23.8 Å². The fourth-order valence-electron chi connectivity index (χ4n) is 2.22. The predicted molar refractivity (Wildman–Crippen MR) is 93.6 cm³/mol. The van der Waals surface area contributed by atoms with E-state index in [1.54, 1.807) is 6.92 Å². The number of hydrogen-bond donors (Lipinski definition) is 1. The van der Waals surface area contributed by atoms with Crippen LogP contribution in [0.3, 0.4) is 0 Å². The summed E-state index contributed by atoms with van der Waals surface area (Å²) in [5, 5.41) is 0. The third kappa shape index (κ3) is 4.68. The summed E-state index contributed by atoms with van der Waals surface area (Å²) in [6.07, 6.45) is 4.87. The second-order valence-electron chi connectivity index (χ2n) is 4.70. The molecule has 0 spiro atoms. The van der Waals surface area contributed by atoms with Crippen LogP contribution < -0.4 is 5.73 Å². The first kappa shape index (κ1) is 21.4. The van der Waals surface area contributed by atoms with E-state index in [4.69, 9.17) is 10.5 Å². The molecule has 24 heavy (non-hydrogen) atoms. The van der Waals surface area contributed by atoms with Crippen molar-refractivity contribution in [2.75, 3.05) is 7.11 Å². The van der Waals surface area contributed by atoms with Gasteiger partial charge in [0.2, 0.25) is 5.91 Å². The third-order valence-corrected chi connectivity index (χ3v) is 3.39. The van der Waals surface area contributed by atoms with Crippen molar-refractivity contribution in [3.05, 3.63) is 48.3 Å². The number of primary amides is 1. The number of amides is 3. The van der Waals surface area contributed by atoms with E-state index in [-0.39, 0.29) is 17.6 Å². The molecule has 6 heteroatoms. The normalized spacial score (nSPS) is 18.2. The minimum atomic E-state index is -1.04. The van der Waals surface area contributed by atoms with Crippen molar-refractivity contribution in [2.24, 2.45) is 5.73 Å². The number of likely N-dealkylation sites (tertiary alicyclic amines) is 1. The Morgan fingerprint density at radius 1 is 1.29 bits per heavy atom. The van der Waals surface area contributed by atoms with Gasteiger partial charge < -0.3 is 10.5 Å². The zero-order valence-corrected chi connectivity index (χ0v) is 14.8. The van der Waals surface area contributed by atoms with Crippen molar-refractivity contribution in [2.45, 2.75) is 39.7 Å². The second-order valence-corrected chi connectivity index (χ2v) is 4.70. The summed E-state index contributed by atoms with van der Waals surface area (Å²) < 4.78 is 4.93. The molecule has 0 radical (unpaired) electrons. The summed E-state index contributed by atoms with van der Waals surface area (Å²) in [6, 6.07) is -1.04. The molecule has 1 aliphatic heterocycles. The van der Waals surface area contributed by atoms with Gasteiger partial charge in [-0.25, -0.2) is 0 Å². The van der Waals surface area contributed by atoms with Crippen molar-refractivity contribution in [3.63, 3.8) is 0 Å². The summed E-state index contributed by atoms with van der Waals surface area (Å²) in [5.41, 5.74) is 5.81. The maximum absolute atomic E-state index is 12.4. The van der Waals surface area contributed by atoms with Gasteiger partial charge in [-0.05, 0) is 19.4 Å². The van der Waals surface area contributed by atoms with Crippen molar-refractivity contribution in [3.8, 4) is 0 Å². The lowest BCUT2D eigenvalue weighted by molar-refractivity contribution is -0.144. The first-order chi connectivity index (χ1) is 11.4. The number of imide groups is 1. The smallest absolute Gasteiger partial charge is 0.262 e.